The van der Waals surface area contributed by atoms with Crippen LogP contribution in [0, 0.1) is 0 Å². The van der Waals surface area contributed by atoms with Gasteiger partial charge in [0.05, 0.1) is 25.7 Å². The van der Waals surface area contributed by atoms with Gasteiger partial charge < -0.3 is 18.6 Å². The van der Waals surface area contributed by atoms with Gasteiger partial charge in [0, 0.05) is 19.6 Å². The van der Waals surface area contributed by atoms with E-state index in [1.807, 2.05) is 36.4 Å². The summed E-state index contributed by atoms with van der Waals surface area (Å²) >= 11 is 0. The number of hydrogen-bond acceptors (Lipinski definition) is 6. The van der Waals surface area contributed by atoms with Crippen LogP contribution in [-0.4, -0.2) is 51.5 Å². The molecule has 6 nitrogen and oxygen atoms in total. The molecule has 1 saturated heterocycles. The van der Waals surface area contributed by atoms with Crippen LogP contribution in [0.4, 0.5) is 0 Å². The van der Waals surface area contributed by atoms with Gasteiger partial charge in [0.1, 0.15) is 29.3 Å². The highest BCUT2D eigenvalue weighted by Gasteiger charge is 2.19. The summed E-state index contributed by atoms with van der Waals surface area (Å²) in [6, 6.07) is 14.8. The lowest BCUT2D eigenvalue weighted by atomic mass is 10.0. The lowest BCUT2D eigenvalue weighted by molar-refractivity contribution is 0.0323. The van der Waals surface area contributed by atoms with Gasteiger partial charge in [0.15, 0.2) is 0 Å². The maximum atomic E-state index is 12.8. The van der Waals surface area contributed by atoms with Crippen LogP contribution < -0.4 is 15.1 Å². The highest BCUT2D eigenvalue weighted by molar-refractivity contribution is 5.91. The van der Waals surface area contributed by atoms with Crippen molar-refractivity contribution in [2.24, 2.45) is 0 Å². The zero-order valence-electron chi connectivity index (χ0n) is 15.8. The van der Waals surface area contributed by atoms with Gasteiger partial charge in [-0.25, -0.2) is 4.79 Å². The van der Waals surface area contributed by atoms with Crippen LogP contribution in [0.3, 0.4) is 0 Å². The quantitative estimate of drug-likeness (QED) is 0.611. The number of fused-ring (bicyclic) bond motifs is 1. The van der Waals surface area contributed by atoms with E-state index in [1.165, 1.54) is 0 Å². The lowest BCUT2D eigenvalue weighted by Gasteiger charge is -2.26. The molecule has 6 heteroatoms. The number of methoxy groups -OCH3 is 1. The standard InChI is InChI=1S/C22H23NO5/c1-25-17-7-8-19-18(15-17)21(27-14-11-23-9-12-26-13-10-23)20(22(24)28-19)16-5-3-2-4-6-16/h2-8,15H,9-14H2,1H3. The molecule has 28 heavy (non-hydrogen) atoms. The minimum absolute atomic E-state index is 0.412. The molecule has 1 aliphatic rings. The monoisotopic (exact) mass is 381 g/mol. The Morgan fingerprint density at radius 3 is 2.61 bits per heavy atom. The van der Waals surface area contributed by atoms with Crippen molar-refractivity contribution in [3.05, 3.63) is 59.0 Å². The fourth-order valence-electron chi connectivity index (χ4n) is 3.39. The van der Waals surface area contributed by atoms with Crippen LogP contribution in [0.25, 0.3) is 22.1 Å². The average molecular weight is 381 g/mol. The van der Waals surface area contributed by atoms with Gasteiger partial charge in [-0.05, 0) is 23.8 Å². The highest BCUT2D eigenvalue weighted by Crippen LogP contribution is 2.36. The number of hydrogen-bond donors (Lipinski definition) is 0. The zero-order chi connectivity index (χ0) is 19.3. The Morgan fingerprint density at radius 2 is 1.86 bits per heavy atom. The highest BCUT2D eigenvalue weighted by atomic mass is 16.5. The zero-order valence-corrected chi connectivity index (χ0v) is 15.8. The Kier molecular flexibility index (Phi) is 5.60. The second kappa shape index (κ2) is 8.46. The molecule has 0 aliphatic carbocycles. The molecule has 0 atom stereocenters. The molecule has 1 aliphatic heterocycles. The van der Waals surface area contributed by atoms with E-state index in [-0.39, 0.29) is 0 Å². The maximum absolute atomic E-state index is 12.8. The normalized spacial score (nSPS) is 14.9. The molecule has 3 aromatic rings. The first-order valence-electron chi connectivity index (χ1n) is 9.39. The molecule has 0 bridgehead atoms. The predicted octanol–water partition coefficient (Wildman–Crippen LogP) is 3.18. The lowest BCUT2D eigenvalue weighted by Crippen LogP contribution is -2.38. The van der Waals surface area contributed by atoms with Gasteiger partial charge in [-0.3, -0.25) is 4.90 Å². The number of nitrogens with zero attached hydrogens (tertiary/aromatic N) is 1. The Labute approximate surface area is 163 Å². The Morgan fingerprint density at radius 1 is 1.07 bits per heavy atom. The van der Waals surface area contributed by atoms with Crippen molar-refractivity contribution in [1.29, 1.82) is 0 Å². The molecular formula is C22H23NO5. The summed E-state index contributed by atoms with van der Waals surface area (Å²) < 4.78 is 22.5. The smallest absolute Gasteiger partial charge is 0.347 e. The molecule has 0 N–H and O–H groups in total. The predicted molar refractivity (Wildman–Crippen MR) is 107 cm³/mol. The molecule has 0 spiro atoms. The van der Waals surface area contributed by atoms with Gasteiger partial charge in [-0.15, -0.1) is 0 Å². The van der Waals surface area contributed by atoms with Crippen LogP contribution in [0.5, 0.6) is 11.5 Å². The van der Waals surface area contributed by atoms with Crippen molar-refractivity contribution in [2.75, 3.05) is 46.6 Å². The molecule has 1 fully saturated rings. The van der Waals surface area contributed by atoms with Crippen molar-refractivity contribution in [1.82, 2.24) is 4.90 Å². The van der Waals surface area contributed by atoms with E-state index in [2.05, 4.69) is 4.90 Å². The Hall–Kier alpha value is -2.83. The van der Waals surface area contributed by atoms with Crippen molar-refractivity contribution in [2.45, 2.75) is 0 Å². The summed E-state index contributed by atoms with van der Waals surface area (Å²) in [5.74, 6) is 1.21. The second-order valence-corrected chi connectivity index (χ2v) is 6.62. The number of rotatable bonds is 6. The Bertz CT molecular complexity index is 993. The second-order valence-electron chi connectivity index (χ2n) is 6.62. The van der Waals surface area contributed by atoms with Crippen LogP contribution >= 0.6 is 0 Å². The van der Waals surface area contributed by atoms with Crippen molar-refractivity contribution >= 4 is 11.0 Å². The molecule has 2 heterocycles. The van der Waals surface area contributed by atoms with E-state index < -0.39 is 5.63 Å². The topological polar surface area (TPSA) is 61.1 Å². The van der Waals surface area contributed by atoms with E-state index in [0.717, 1.165) is 43.8 Å². The van der Waals surface area contributed by atoms with E-state index >= 15 is 0 Å². The van der Waals surface area contributed by atoms with Gasteiger partial charge in [-0.2, -0.15) is 0 Å². The van der Waals surface area contributed by atoms with E-state index in [4.69, 9.17) is 18.6 Å². The number of ether oxygens (including phenoxy) is 3. The molecule has 146 valence electrons. The van der Waals surface area contributed by atoms with Crippen LogP contribution in [0.2, 0.25) is 0 Å². The SMILES string of the molecule is COc1ccc2oc(=O)c(-c3ccccc3)c(OCCN3CCOCC3)c2c1. The average Bonchev–Trinajstić information content (AvgIpc) is 2.74. The van der Waals surface area contributed by atoms with E-state index in [1.54, 1.807) is 19.2 Å². The van der Waals surface area contributed by atoms with E-state index in [0.29, 0.717) is 29.3 Å². The fraction of sp³-hybridized carbons (Fsp3) is 0.318. The third-order valence-electron chi connectivity index (χ3n) is 4.89. The maximum Gasteiger partial charge on any atom is 0.347 e. The van der Waals surface area contributed by atoms with E-state index in [9.17, 15) is 4.79 Å². The summed E-state index contributed by atoms with van der Waals surface area (Å²) in [7, 11) is 1.61. The fourth-order valence-corrected chi connectivity index (χ4v) is 3.39. The minimum Gasteiger partial charge on any atom is -0.497 e. The van der Waals surface area contributed by atoms with Crippen molar-refractivity contribution < 1.29 is 18.6 Å². The van der Waals surface area contributed by atoms with Gasteiger partial charge in [0.2, 0.25) is 0 Å². The van der Waals surface area contributed by atoms with Crippen molar-refractivity contribution in [3.8, 4) is 22.6 Å². The first-order chi connectivity index (χ1) is 13.8. The number of benzene rings is 2. The molecule has 0 radical (unpaired) electrons. The summed E-state index contributed by atoms with van der Waals surface area (Å²) in [4.78, 5) is 15.1. The first kappa shape index (κ1) is 18.5. The molecule has 0 saturated carbocycles. The molecule has 0 amide bonds. The molecule has 1 aromatic heterocycles. The molecule has 0 unspecified atom stereocenters. The van der Waals surface area contributed by atoms with Gasteiger partial charge >= 0.3 is 5.63 Å². The van der Waals surface area contributed by atoms with Crippen LogP contribution in [0.15, 0.2) is 57.7 Å². The summed E-state index contributed by atoms with van der Waals surface area (Å²) in [5, 5.41) is 0.722. The third kappa shape index (κ3) is 3.88. The summed E-state index contributed by atoms with van der Waals surface area (Å²) in [5.41, 5.74) is 1.27. The largest absolute Gasteiger partial charge is 0.497 e. The third-order valence-corrected chi connectivity index (χ3v) is 4.89. The molecule has 4 rings (SSSR count). The first-order valence-corrected chi connectivity index (χ1v) is 9.39. The molecular weight excluding hydrogens is 358 g/mol. The van der Waals surface area contributed by atoms with Crippen LogP contribution in [-0.2, 0) is 4.74 Å². The summed E-state index contributed by atoms with van der Waals surface area (Å²) in [6.07, 6.45) is 0. The van der Waals surface area contributed by atoms with Crippen molar-refractivity contribution in [3.63, 3.8) is 0 Å². The van der Waals surface area contributed by atoms with Gasteiger partial charge in [-0.1, -0.05) is 30.3 Å². The van der Waals surface area contributed by atoms with Gasteiger partial charge in [0.25, 0.3) is 0 Å². The molecule has 2 aromatic carbocycles. The minimum atomic E-state index is -0.412. The van der Waals surface area contributed by atoms with Crippen LogP contribution in [0.1, 0.15) is 0 Å². The Balaban J connectivity index is 1.74. The summed E-state index contributed by atoms with van der Waals surface area (Å²) in [6.45, 7) is 4.49. The number of morpholine rings is 1.